The first kappa shape index (κ1) is 25.0. The second-order valence-corrected chi connectivity index (χ2v) is 9.42. The Bertz CT molecular complexity index is 1290. The molecule has 4 aromatic carbocycles. The van der Waals surface area contributed by atoms with Gasteiger partial charge < -0.3 is 4.90 Å². The number of allylic oxidation sites excluding steroid dienone is 4. The van der Waals surface area contributed by atoms with E-state index in [2.05, 4.69) is 154 Å². The maximum atomic E-state index is 4.15. The van der Waals surface area contributed by atoms with Gasteiger partial charge in [-0.1, -0.05) is 115 Å². The largest absolute Gasteiger partial charge is 0.311 e. The lowest BCUT2D eigenvalue weighted by Crippen LogP contribution is -2.15. The van der Waals surface area contributed by atoms with Gasteiger partial charge in [-0.3, -0.25) is 0 Å². The molecule has 1 atom stereocenters. The zero-order valence-corrected chi connectivity index (χ0v) is 21.8. The fraction of sp³-hybridized carbons (Fsp3) is 0.143. The molecule has 0 aliphatic heterocycles. The molecule has 0 heterocycles. The second-order valence-electron chi connectivity index (χ2n) is 9.42. The Hall–Kier alpha value is -4.10. The van der Waals surface area contributed by atoms with Crippen LogP contribution in [0.5, 0.6) is 0 Å². The average Bonchev–Trinajstić information content (AvgIpc) is 2.92. The highest BCUT2D eigenvalue weighted by Gasteiger charge is 2.13. The predicted molar refractivity (Wildman–Crippen MR) is 157 cm³/mol. The van der Waals surface area contributed by atoms with Gasteiger partial charge in [-0.05, 0) is 73.9 Å². The molecule has 1 nitrogen and oxygen atoms in total. The van der Waals surface area contributed by atoms with E-state index in [1.807, 2.05) is 6.08 Å². The van der Waals surface area contributed by atoms with Gasteiger partial charge in [0.15, 0.2) is 0 Å². The zero-order chi connectivity index (χ0) is 25.5. The van der Waals surface area contributed by atoms with Gasteiger partial charge in [0.1, 0.15) is 0 Å². The minimum Gasteiger partial charge on any atom is -0.311 e. The van der Waals surface area contributed by atoms with Crippen molar-refractivity contribution in [3.63, 3.8) is 0 Å². The third-order valence-corrected chi connectivity index (χ3v) is 6.77. The van der Waals surface area contributed by atoms with E-state index in [0.29, 0.717) is 5.92 Å². The molecule has 1 heteroatoms. The van der Waals surface area contributed by atoms with Gasteiger partial charge in [-0.2, -0.15) is 0 Å². The first-order chi connectivity index (χ1) is 17.5. The topological polar surface area (TPSA) is 3.24 Å². The summed E-state index contributed by atoms with van der Waals surface area (Å²) in [6.45, 7) is 12.8. The van der Waals surface area contributed by atoms with Crippen molar-refractivity contribution in [3.8, 4) is 11.1 Å². The predicted octanol–water partition coefficient (Wildman–Crippen LogP) is 9.93. The van der Waals surface area contributed by atoms with Crippen molar-refractivity contribution < 1.29 is 0 Å². The van der Waals surface area contributed by atoms with Gasteiger partial charge in [0.05, 0.1) is 0 Å². The summed E-state index contributed by atoms with van der Waals surface area (Å²) in [6, 6.07) is 36.7. The molecule has 180 valence electrons. The van der Waals surface area contributed by atoms with Gasteiger partial charge in [-0.15, -0.1) is 0 Å². The molecule has 0 aliphatic carbocycles. The molecule has 0 spiro atoms. The van der Waals surface area contributed by atoms with Crippen LogP contribution in [0.1, 0.15) is 36.5 Å². The van der Waals surface area contributed by atoms with Gasteiger partial charge in [0.25, 0.3) is 0 Å². The normalized spacial score (nSPS) is 12.8. The molecular formula is C35H35N. The van der Waals surface area contributed by atoms with Crippen molar-refractivity contribution in [2.45, 2.75) is 33.6 Å². The Morgan fingerprint density at radius 2 is 1.17 bits per heavy atom. The lowest BCUT2D eigenvalue weighted by Gasteiger charge is -2.26. The highest BCUT2D eigenvalue weighted by molar-refractivity contribution is 5.70. The van der Waals surface area contributed by atoms with Crippen LogP contribution in [0, 0.1) is 13.8 Å². The van der Waals surface area contributed by atoms with E-state index >= 15 is 0 Å². The maximum Gasteiger partial charge on any atom is 0.0461 e. The summed E-state index contributed by atoms with van der Waals surface area (Å²) in [4.78, 5) is 2.26. The Morgan fingerprint density at radius 1 is 0.667 bits per heavy atom. The molecule has 4 aromatic rings. The third kappa shape index (κ3) is 5.93. The molecule has 4 rings (SSSR count). The molecule has 0 bridgehead atoms. The van der Waals surface area contributed by atoms with Crippen LogP contribution in [0.3, 0.4) is 0 Å². The molecule has 0 amide bonds. The minimum absolute atomic E-state index is 0.310. The van der Waals surface area contributed by atoms with E-state index in [4.69, 9.17) is 0 Å². The SMILES string of the molecule is C=C/C(=C\C=C(/C)C(C)c1ccc(-c2ccccc2)cc1)N(c1ccc(C)cc1)c1ccc(C)cc1. The number of hydrogen-bond donors (Lipinski definition) is 0. The number of rotatable bonds is 8. The summed E-state index contributed by atoms with van der Waals surface area (Å²) in [5.41, 5.74) is 10.9. The van der Waals surface area contributed by atoms with Crippen molar-refractivity contribution in [1.29, 1.82) is 0 Å². The molecule has 36 heavy (non-hydrogen) atoms. The summed E-state index contributed by atoms with van der Waals surface area (Å²) in [6.07, 6.45) is 6.34. The third-order valence-electron chi connectivity index (χ3n) is 6.77. The lowest BCUT2D eigenvalue weighted by atomic mass is 9.92. The Morgan fingerprint density at radius 3 is 1.67 bits per heavy atom. The van der Waals surface area contributed by atoms with Crippen molar-refractivity contribution in [2.75, 3.05) is 4.90 Å². The smallest absolute Gasteiger partial charge is 0.0461 e. The molecule has 0 saturated carbocycles. The monoisotopic (exact) mass is 469 g/mol. The number of aryl methyl sites for hydroxylation is 2. The minimum atomic E-state index is 0.310. The zero-order valence-electron chi connectivity index (χ0n) is 21.8. The lowest BCUT2D eigenvalue weighted by molar-refractivity contribution is 0.894. The summed E-state index contributed by atoms with van der Waals surface area (Å²) in [7, 11) is 0. The molecule has 0 radical (unpaired) electrons. The van der Waals surface area contributed by atoms with Crippen molar-refractivity contribution in [2.24, 2.45) is 0 Å². The molecule has 0 aromatic heterocycles. The Balaban J connectivity index is 1.62. The van der Waals surface area contributed by atoms with Crippen LogP contribution in [-0.4, -0.2) is 0 Å². The summed E-state index contributed by atoms with van der Waals surface area (Å²) >= 11 is 0. The molecular weight excluding hydrogens is 434 g/mol. The average molecular weight is 470 g/mol. The van der Waals surface area contributed by atoms with Crippen LogP contribution in [0.2, 0.25) is 0 Å². The summed E-state index contributed by atoms with van der Waals surface area (Å²) in [5, 5.41) is 0. The number of anilines is 2. The molecule has 0 aliphatic rings. The fourth-order valence-corrected chi connectivity index (χ4v) is 4.29. The van der Waals surface area contributed by atoms with Crippen LogP contribution in [0.4, 0.5) is 11.4 Å². The van der Waals surface area contributed by atoms with E-state index in [1.54, 1.807) is 0 Å². The van der Waals surface area contributed by atoms with Gasteiger partial charge in [0, 0.05) is 23.0 Å². The van der Waals surface area contributed by atoms with Gasteiger partial charge >= 0.3 is 0 Å². The maximum absolute atomic E-state index is 4.15. The van der Waals surface area contributed by atoms with Crippen molar-refractivity contribution >= 4 is 11.4 Å². The summed E-state index contributed by atoms with van der Waals surface area (Å²) in [5.74, 6) is 0.310. The standard InChI is InChI=1S/C35H35N/c1-6-33(36(34-21-12-26(2)13-22-34)35-23-14-27(3)15-24-35)25-16-28(4)29(5)30-17-19-32(20-18-30)31-10-8-7-9-11-31/h6-25,29H,1H2,2-5H3/b28-16+,33-25+. The van der Waals surface area contributed by atoms with Crippen LogP contribution in [0.15, 0.2) is 139 Å². The summed E-state index contributed by atoms with van der Waals surface area (Å²) < 4.78 is 0. The fourth-order valence-electron chi connectivity index (χ4n) is 4.29. The molecule has 0 fully saturated rings. The van der Waals surface area contributed by atoms with Crippen LogP contribution in [-0.2, 0) is 0 Å². The number of benzene rings is 4. The second kappa shape index (κ2) is 11.6. The first-order valence-corrected chi connectivity index (χ1v) is 12.6. The molecule has 1 unspecified atom stereocenters. The molecule has 0 saturated heterocycles. The van der Waals surface area contributed by atoms with Crippen molar-refractivity contribution in [1.82, 2.24) is 0 Å². The Labute approximate surface area is 216 Å². The molecule has 0 N–H and O–H groups in total. The number of nitrogens with zero attached hydrogens (tertiary/aromatic N) is 1. The van der Waals surface area contributed by atoms with E-state index in [1.165, 1.54) is 33.4 Å². The van der Waals surface area contributed by atoms with E-state index < -0.39 is 0 Å². The quantitative estimate of drug-likeness (QED) is 0.232. The Kier molecular flexibility index (Phi) is 8.02. The van der Waals surface area contributed by atoms with Crippen LogP contribution >= 0.6 is 0 Å². The highest BCUT2D eigenvalue weighted by atomic mass is 15.1. The van der Waals surface area contributed by atoms with Crippen molar-refractivity contribution in [3.05, 3.63) is 156 Å². The van der Waals surface area contributed by atoms with E-state index in [0.717, 1.165) is 17.1 Å². The highest BCUT2D eigenvalue weighted by Crippen LogP contribution is 2.32. The van der Waals surface area contributed by atoms with Crippen LogP contribution in [0.25, 0.3) is 11.1 Å². The van der Waals surface area contributed by atoms with Crippen LogP contribution < -0.4 is 4.90 Å². The van der Waals surface area contributed by atoms with Gasteiger partial charge in [0.2, 0.25) is 0 Å². The number of hydrogen-bond acceptors (Lipinski definition) is 1. The van der Waals surface area contributed by atoms with E-state index in [-0.39, 0.29) is 0 Å². The van der Waals surface area contributed by atoms with Gasteiger partial charge in [-0.25, -0.2) is 0 Å². The first-order valence-electron chi connectivity index (χ1n) is 12.6. The van der Waals surface area contributed by atoms with E-state index in [9.17, 15) is 0 Å².